The molecule has 8 aromatic heterocycles. The molecule has 135 heavy (non-hydrogen) atoms. The average molecular weight is 1880 g/mol. The van der Waals surface area contributed by atoms with Crippen molar-refractivity contribution >= 4 is 90.9 Å². The van der Waals surface area contributed by atoms with Gasteiger partial charge in [0.25, 0.3) is 22.2 Å². The van der Waals surface area contributed by atoms with Crippen LogP contribution in [0.25, 0.3) is 100 Å². The van der Waals surface area contributed by atoms with Crippen molar-refractivity contribution in [2.45, 2.75) is 90.8 Å². The zero-order chi connectivity index (χ0) is 94.1. The van der Waals surface area contributed by atoms with Gasteiger partial charge >= 0.3 is 22.5 Å². The molecular formula is C105H77FN4O21S4. The number of fused-ring (bicyclic) bond motifs is 18. The van der Waals surface area contributed by atoms with Crippen LogP contribution in [0.4, 0.5) is 4.39 Å². The van der Waals surface area contributed by atoms with Crippen molar-refractivity contribution in [2.24, 2.45) is 0 Å². The van der Waals surface area contributed by atoms with Crippen LogP contribution in [0.2, 0.25) is 0 Å². The van der Waals surface area contributed by atoms with Crippen molar-refractivity contribution in [3.8, 4) is 108 Å². The number of rotatable bonds is 15. The van der Waals surface area contributed by atoms with Crippen LogP contribution in [0.5, 0.6) is 51.7 Å². The zero-order valence-electron chi connectivity index (χ0n) is 72.8. The van der Waals surface area contributed by atoms with Crippen molar-refractivity contribution in [1.29, 1.82) is 0 Å². The number of halogens is 1. The molecule has 22 rings (SSSR count). The summed E-state index contributed by atoms with van der Waals surface area (Å²) in [7, 11) is 7.75. The lowest BCUT2D eigenvalue weighted by molar-refractivity contribution is 0.354. The van der Waals surface area contributed by atoms with Crippen LogP contribution < -0.4 is 68.4 Å². The van der Waals surface area contributed by atoms with Crippen molar-refractivity contribution in [1.82, 2.24) is 18.3 Å². The maximum absolute atomic E-state index is 13.9. The molecule has 10 aromatic carbocycles. The van der Waals surface area contributed by atoms with E-state index in [-0.39, 0.29) is 92.8 Å². The highest BCUT2D eigenvalue weighted by molar-refractivity contribution is 8.00. The van der Waals surface area contributed by atoms with Gasteiger partial charge in [0.05, 0.1) is 58.3 Å². The van der Waals surface area contributed by atoms with E-state index in [0.29, 0.717) is 104 Å². The van der Waals surface area contributed by atoms with Gasteiger partial charge in [-0.2, -0.15) is 0 Å². The van der Waals surface area contributed by atoms with Crippen molar-refractivity contribution in [3.63, 3.8) is 0 Å². The van der Waals surface area contributed by atoms with Crippen LogP contribution in [-0.2, 0) is 25.7 Å². The van der Waals surface area contributed by atoms with Crippen LogP contribution in [0.1, 0.15) is 59.3 Å². The van der Waals surface area contributed by atoms with E-state index >= 15 is 0 Å². The molecule has 2 atom stereocenters. The maximum atomic E-state index is 13.9. The summed E-state index contributed by atoms with van der Waals surface area (Å²) in [5.74, 6) is 0.780. The number of hydrogen-bond donors (Lipinski definition) is 4. The van der Waals surface area contributed by atoms with E-state index in [9.17, 15) is 63.2 Å². The zero-order valence-corrected chi connectivity index (χ0v) is 76.0. The van der Waals surface area contributed by atoms with Gasteiger partial charge in [-0.3, -0.25) is 28.3 Å². The molecule has 18 aromatic rings. The molecule has 0 amide bonds. The Labute approximate surface area is 781 Å². The molecule has 2 unspecified atom stereocenters. The first-order valence-electron chi connectivity index (χ1n) is 42.3. The molecule has 4 N–H and O–H groups in total. The average Bonchev–Trinajstić information content (AvgIpc) is 1.54. The minimum atomic E-state index is -0.819. The second-order valence-corrected chi connectivity index (χ2v) is 36.2. The molecule has 674 valence electrons. The summed E-state index contributed by atoms with van der Waals surface area (Å²) in [5, 5.41) is 44.3. The van der Waals surface area contributed by atoms with Gasteiger partial charge in [0.2, 0.25) is 0 Å². The second kappa shape index (κ2) is 36.5. The van der Waals surface area contributed by atoms with Crippen LogP contribution in [0, 0.1) is 5.82 Å². The van der Waals surface area contributed by atoms with E-state index in [4.69, 9.17) is 41.4 Å². The van der Waals surface area contributed by atoms with E-state index in [1.54, 1.807) is 95.2 Å². The molecule has 0 bridgehead atoms. The largest absolute Gasteiger partial charge is 0.505 e. The Kier molecular flexibility index (Phi) is 24.0. The number of para-hydroxylation sites is 2. The first-order chi connectivity index (χ1) is 65.4. The second-order valence-electron chi connectivity index (χ2n) is 31.8. The quantitative estimate of drug-likeness (QED) is 0.0740. The van der Waals surface area contributed by atoms with Gasteiger partial charge in [0, 0.05) is 101 Å². The number of methoxy groups -OCH3 is 5. The summed E-state index contributed by atoms with van der Waals surface area (Å²) in [5.41, 5.74) is 8.28. The third-order valence-electron chi connectivity index (χ3n) is 23.8. The fourth-order valence-corrected chi connectivity index (χ4v) is 21.2. The van der Waals surface area contributed by atoms with Crippen molar-refractivity contribution < 1.29 is 66.2 Å². The Morgan fingerprint density at radius 3 is 1.07 bits per heavy atom. The van der Waals surface area contributed by atoms with Crippen LogP contribution in [0.15, 0.2) is 350 Å². The third-order valence-corrected chi connectivity index (χ3v) is 28.1. The number of hydrogen-bond acceptors (Lipinski definition) is 25. The van der Waals surface area contributed by atoms with E-state index in [1.165, 1.54) is 25.3 Å². The Hall–Kier alpha value is -15.6. The minimum Gasteiger partial charge on any atom is -0.505 e. The third kappa shape index (κ3) is 16.0. The molecule has 2 aliphatic carbocycles. The number of pyridine rings is 4. The molecule has 0 fully saturated rings. The molecule has 0 saturated heterocycles. The first-order valence-corrected chi connectivity index (χ1v) is 45.6. The first kappa shape index (κ1) is 88.6. The van der Waals surface area contributed by atoms with E-state index in [2.05, 4.69) is 0 Å². The number of aromatic hydroxyl groups is 4. The molecule has 0 saturated carbocycles. The molecule has 30 heteroatoms. The van der Waals surface area contributed by atoms with E-state index in [1.807, 2.05) is 202 Å². The Balaban J connectivity index is 0.000000116. The number of nitrogens with zero attached hydrogens (tertiary/aromatic N) is 4. The lowest BCUT2D eigenvalue weighted by Crippen LogP contribution is -2.30. The van der Waals surface area contributed by atoms with Gasteiger partial charge in [0.15, 0.2) is 57.2 Å². The predicted octanol–water partition coefficient (Wildman–Crippen LogP) is 20.1. The summed E-state index contributed by atoms with van der Waals surface area (Å²) < 4.78 is 69.5. The standard InChI is InChI=1S/C28H19NO5S.C27H17NO4S.C25H20FNO6S.C25H21NO6S/c1-33-18-11-7-12-19(15-18)35-26-24(30)22-25(34-28(26)32)21-14-16-8-5-6-13-20(16)23(21)29(27(22)31)17-9-3-2-4-10-17;29-23-21-24(32-27(31)25(23)33-18-12-5-2-6-13-18)20-15-16-9-7-8-14-19(16)22(20)28(26(21)30)17-10-3-1-4-11-17;1-12-7-13-8-18(31-2)19(32-3)10-16(13)17-11-20-21(24(29)27(12)17)22(28)23(25(30)33-20)34-15-6-4-5-14(26)9-15;1-13-9-14-10-18(30-2)19(31-3)11-16(14)17-12-20-21(24(28)26(13)17)22(27)23(25(29)32-20)33-15-7-5-4-6-8-15/h2-13,15,30H,14H2,1H3;1-14,29H,15H2;4-6,8-12,28H,7H2,1-3H3;4-8,10-13,27H,9H2,1-3H3. The van der Waals surface area contributed by atoms with Crippen molar-refractivity contribution in [3.05, 3.63) is 377 Å². The Bertz CT molecular complexity index is 8430. The van der Waals surface area contributed by atoms with Gasteiger partial charge in [-0.05, 0) is 158 Å². The van der Waals surface area contributed by atoms with Crippen LogP contribution in [0.3, 0.4) is 0 Å². The lowest BCUT2D eigenvalue weighted by Gasteiger charge is -2.28. The highest BCUT2D eigenvalue weighted by Crippen LogP contribution is 2.50. The van der Waals surface area contributed by atoms with Gasteiger partial charge in [-0.15, -0.1) is 0 Å². The Morgan fingerprint density at radius 2 is 0.674 bits per heavy atom. The monoisotopic (exact) mass is 1880 g/mol. The highest BCUT2D eigenvalue weighted by Gasteiger charge is 2.37. The SMILES string of the molecule is COc1cc2c(cc1OC)-c1cc3oc(=O)c(Sc4cccc(F)c4)c(O)c3c(=O)n1C(C)C2.COc1cc2c(cc1OC)-c1cc3oc(=O)c(Sc4ccccc4)c(O)c3c(=O)n1C(C)C2.COc1cccc(Sc2c(O)c3c(=O)n(-c4ccccc4)c4c(c3oc2=O)Cc2ccccc2-4)c1.O=c1oc2c3c(n(-c4ccccc4)c(=O)c2c(O)c1Sc1ccccc1)-c1ccccc1C3. The molecule has 0 radical (unpaired) electrons. The molecular weight excluding hydrogens is 1800 g/mol. The smallest absolute Gasteiger partial charge is 0.354 e. The minimum absolute atomic E-state index is 0.000808. The van der Waals surface area contributed by atoms with E-state index in [0.717, 1.165) is 107 Å². The highest BCUT2D eigenvalue weighted by atomic mass is 32.2. The summed E-state index contributed by atoms with van der Waals surface area (Å²) in [4.78, 5) is 109. The maximum Gasteiger partial charge on any atom is 0.354 e. The van der Waals surface area contributed by atoms with Crippen LogP contribution >= 0.6 is 47.0 Å². The predicted molar refractivity (Wildman–Crippen MR) is 515 cm³/mol. The van der Waals surface area contributed by atoms with Crippen LogP contribution in [-0.4, -0.2) is 74.2 Å². The summed E-state index contributed by atoms with van der Waals surface area (Å²) in [6, 6.07) is 75.4. The molecule has 2 aliphatic heterocycles. The van der Waals surface area contributed by atoms with Gasteiger partial charge in [-0.1, -0.05) is 181 Å². The summed E-state index contributed by atoms with van der Waals surface area (Å²) >= 11 is 4.02. The normalized spacial score (nSPS) is 13.2. The molecule has 10 heterocycles. The Morgan fingerprint density at radius 1 is 0.333 bits per heavy atom. The fraction of sp³-hybridized carbons (Fsp3) is 0.124. The fourth-order valence-electron chi connectivity index (χ4n) is 17.8. The van der Waals surface area contributed by atoms with Gasteiger partial charge < -0.3 is 70.9 Å². The lowest BCUT2D eigenvalue weighted by atomic mass is 9.92. The molecule has 4 aliphatic rings. The summed E-state index contributed by atoms with van der Waals surface area (Å²) in [6.07, 6.45) is 2.14. The summed E-state index contributed by atoms with van der Waals surface area (Å²) in [6.45, 7) is 3.83. The molecule has 0 spiro atoms. The number of benzene rings is 10. The van der Waals surface area contributed by atoms with Gasteiger partial charge in [-0.25, -0.2) is 23.6 Å². The van der Waals surface area contributed by atoms with Crippen molar-refractivity contribution in [2.75, 3.05) is 35.5 Å². The molecule has 25 nitrogen and oxygen atoms in total. The van der Waals surface area contributed by atoms with E-state index < -0.39 is 56.3 Å². The topological polar surface area (TPSA) is 336 Å². The number of aromatic nitrogens is 4. The van der Waals surface area contributed by atoms with Gasteiger partial charge in [0.1, 0.15) is 63.9 Å². The number of ether oxygens (including phenoxy) is 5.